The van der Waals surface area contributed by atoms with Gasteiger partial charge in [0.2, 0.25) is 11.8 Å². The van der Waals surface area contributed by atoms with Crippen LogP contribution < -0.4 is 9.64 Å². The van der Waals surface area contributed by atoms with Crippen LogP contribution in [0.1, 0.15) is 67.1 Å². The van der Waals surface area contributed by atoms with E-state index in [-0.39, 0.29) is 17.7 Å². The van der Waals surface area contributed by atoms with E-state index in [1.165, 1.54) is 0 Å². The first-order valence-electron chi connectivity index (χ1n) is 12.1. The van der Waals surface area contributed by atoms with E-state index in [1.807, 2.05) is 36.1 Å². The maximum atomic E-state index is 13.0. The summed E-state index contributed by atoms with van der Waals surface area (Å²) in [6.07, 6.45) is 6.29. The number of anilines is 1. The highest BCUT2D eigenvalue weighted by Gasteiger charge is 2.35. The lowest BCUT2D eigenvalue weighted by molar-refractivity contribution is -0.139. The number of carbonyl (C=O) groups is 2. The number of aromatic nitrogens is 2. The predicted octanol–water partition coefficient (Wildman–Crippen LogP) is 3.78. The quantitative estimate of drug-likeness (QED) is 0.696. The molecular formula is C26H32N4O3. The summed E-state index contributed by atoms with van der Waals surface area (Å²) in [6.45, 7) is 3.98. The van der Waals surface area contributed by atoms with Crippen molar-refractivity contribution in [1.29, 1.82) is 0 Å². The predicted molar refractivity (Wildman–Crippen MR) is 125 cm³/mol. The zero-order chi connectivity index (χ0) is 22.9. The molecule has 33 heavy (non-hydrogen) atoms. The lowest BCUT2D eigenvalue weighted by Gasteiger charge is -2.37. The number of fused-ring (bicyclic) bond motifs is 1. The third-order valence-electron chi connectivity index (χ3n) is 7.38. The number of hydrogen-bond acceptors (Lipinski definition) is 5. The first kappa shape index (κ1) is 21.9. The van der Waals surface area contributed by atoms with E-state index in [4.69, 9.17) is 14.7 Å². The van der Waals surface area contributed by atoms with Gasteiger partial charge in [0.05, 0.1) is 13.7 Å². The van der Waals surface area contributed by atoms with Crippen molar-refractivity contribution in [2.45, 2.75) is 64.3 Å². The van der Waals surface area contributed by atoms with E-state index < -0.39 is 0 Å². The molecule has 2 fully saturated rings. The van der Waals surface area contributed by atoms with Crippen LogP contribution in [0.5, 0.6) is 5.75 Å². The Morgan fingerprint density at radius 3 is 2.76 bits per heavy atom. The van der Waals surface area contributed by atoms with E-state index in [9.17, 15) is 9.59 Å². The second-order valence-corrected chi connectivity index (χ2v) is 9.55. The number of carbonyl (C=O) groups excluding carboxylic acids is 2. The third-order valence-corrected chi connectivity index (χ3v) is 7.38. The monoisotopic (exact) mass is 448 g/mol. The maximum absolute atomic E-state index is 13.0. The van der Waals surface area contributed by atoms with Gasteiger partial charge >= 0.3 is 0 Å². The zero-order valence-electron chi connectivity index (χ0n) is 19.5. The maximum Gasteiger partial charge on any atom is 0.228 e. The molecule has 1 aromatic heterocycles. The van der Waals surface area contributed by atoms with Crippen molar-refractivity contribution in [1.82, 2.24) is 14.9 Å². The van der Waals surface area contributed by atoms with Gasteiger partial charge in [0.15, 0.2) is 0 Å². The minimum Gasteiger partial charge on any atom is -0.497 e. The molecule has 3 aliphatic rings. The molecule has 7 heteroatoms. The first-order chi connectivity index (χ1) is 16.0. The van der Waals surface area contributed by atoms with Crippen molar-refractivity contribution in [2.75, 3.05) is 25.1 Å². The molecule has 2 amide bonds. The van der Waals surface area contributed by atoms with Crippen LogP contribution >= 0.6 is 0 Å². The summed E-state index contributed by atoms with van der Waals surface area (Å²) in [4.78, 5) is 39.4. The number of ether oxygens (including phenoxy) is 1. The molecule has 0 bridgehead atoms. The highest BCUT2D eigenvalue weighted by atomic mass is 16.5. The van der Waals surface area contributed by atoms with Crippen LogP contribution in [-0.4, -0.2) is 46.9 Å². The van der Waals surface area contributed by atoms with E-state index in [1.54, 1.807) is 12.0 Å². The number of rotatable bonds is 5. The van der Waals surface area contributed by atoms with Gasteiger partial charge < -0.3 is 9.64 Å². The summed E-state index contributed by atoms with van der Waals surface area (Å²) in [5.74, 6) is 2.99. The molecule has 1 saturated heterocycles. The van der Waals surface area contributed by atoms with Crippen LogP contribution in [-0.2, 0) is 22.6 Å². The van der Waals surface area contributed by atoms with Crippen molar-refractivity contribution in [2.24, 2.45) is 5.92 Å². The standard InChI is InChI=1S/C26H32N4O3/c1-17-22-11-12-23(31)30(15-18-6-3-10-21(14-18)33-2)25(22)28-24(27-17)20-9-5-13-29(16-20)26(32)19-7-4-8-19/h3,6,10,14,19-20H,4-5,7-9,11-13,15-16H2,1-2H3/t20-/m0/s1. The second-order valence-electron chi connectivity index (χ2n) is 9.55. The van der Waals surface area contributed by atoms with Crippen molar-refractivity contribution in [3.63, 3.8) is 0 Å². The number of piperidine rings is 1. The Morgan fingerprint density at radius 2 is 2.00 bits per heavy atom. The number of likely N-dealkylation sites (tertiary alicyclic amines) is 1. The minimum absolute atomic E-state index is 0.0831. The average molecular weight is 449 g/mol. The summed E-state index contributed by atoms with van der Waals surface area (Å²) in [6, 6.07) is 7.81. The van der Waals surface area contributed by atoms with E-state index in [0.717, 1.165) is 72.9 Å². The summed E-state index contributed by atoms with van der Waals surface area (Å²) in [7, 11) is 1.65. The summed E-state index contributed by atoms with van der Waals surface area (Å²) in [5, 5.41) is 0. The van der Waals surface area contributed by atoms with E-state index in [2.05, 4.69) is 0 Å². The molecule has 3 heterocycles. The topological polar surface area (TPSA) is 75.6 Å². The molecule has 2 aromatic rings. The Labute approximate surface area is 195 Å². The molecule has 2 aliphatic heterocycles. The van der Waals surface area contributed by atoms with Crippen molar-refractivity contribution >= 4 is 17.6 Å². The third kappa shape index (κ3) is 4.33. The van der Waals surface area contributed by atoms with Crippen LogP contribution in [0.25, 0.3) is 0 Å². The molecule has 1 saturated carbocycles. The van der Waals surface area contributed by atoms with Gasteiger partial charge in [-0.05, 0) is 56.7 Å². The molecule has 174 valence electrons. The zero-order valence-corrected chi connectivity index (χ0v) is 19.5. The van der Waals surface area contributed by atoms with Crippen molar-refractivity contribution < 1.29 is 14.3 Å². The van der Waals surface area contributed by atoms with Gasteiger partial charge in [-0.2, -0.15) is 0 Å². The molecule has 1 aliphatic carbocycles. The fourth-order valence-electron chi connectivity index (χ4n) is 5.20. The Hall–Kier alpha value is -2.96. The number of benzene rings is 1. The Bertz CT molecular complexity index is 1070. The molecule has 1 atom stereocenters. The van der Waals surface area contributed by atoms with Crippen LogP contribution in [0.2, 0.25) is 0 Å². The summed E-state index contributed by atoms with van der Waals surface area (Å²) < 4.78 is 5.35. The van der Waals surface area contributed by atoms with Gasteiger partial charge in [-0.25, -0.2) is 9.97 Å². The molecule has 0 spiro atoms. The highest BCUT2D eigenvalue weighted by Crippen LogP contribution is 2.35. The molecule has 7 nitrogen and oxygen atoms in total. The molecule has 0 radical (unpaired) electrons. The molecule has 5 rings (SSSR count). The van der Waals surface area contributed by atoms with Gasteiger partial charge in [-0.3, -0.25) is 14.5 Å². The van der Waals surface area contributed by atoms with Gasteiger partial charge in [0.25, 0.3) is 0 Å². The Morgan fingerprint density at radius 1 is 1.15 bits per heavy atom. The van der Waals surface area contributed by atoms with Gasteiger partial charge in [-0.15, -0.1) is 0 Å². The minimum atomic E-state index is 0.0831. The number of nitrogens with zero attached hydrogens (tertiary/aromatic N) is 4. The average Bonchev–Trinajstić information content (AvgIpc) is 2.80. The largest absolute Gasteiger partial charge is 0.497 e. The molecular weight excluding hydrogens is 416 g/mol. The second kappa shape index (κ2) is 9.12. The highest BCUT2D eigenvalue weighted by molar-refractivity contribution is 5.95. The van der Waals surface area contributed by atoms with Crippen molar-refractivity contribution in [3.05, 3.63) is 46.9 Å². The van der Waals surface area contributed by atoms with Crippen LogP contribution in [0.15, 0.2) is 24.3 Å². The fourth-order valence-corrected chi connectivity index (χ4v) is 5.20. The van der Waals surface area contributed by atoms with E-state index in [0.29, 0.717) is 31.8 Å². The Kier molecular flexibility index (Phi) is 6.04. The SMILES string of the molecule is COc1cccc(CN2C(=O)CCc3c(C)nc([C@H]4CCCN(C(=O)C5CCC5)C4)nc32)c1. The van der Waals surface area contributed by atoms with Crippen LogP contribution in [0, 0.1) is 12.8 Å². The van der Waals surface area contributed by atoms with Crippen LogP contribution in [0.4, 0.5) is 5.82 Å². The molecule has 1 aromatic carbocycles. The Balaban J connectivity index is 1.42. The van der Waals surface area contributed by atoms with E-state index >= 15 is 0 Å². The normalized spacial score (nSPS) is 20.9. The summed E-state index contributed by atoms with van der Waals surface area (Å²) >= 11 is 0. The number of amides is 2. The fraction of sp³-hybridized carbons (Fsp3) is 0.538. The number of aryl methyl sites for hydroxylation is 1. The molecule has 0 unspecified atom stereocenters. The lowest BCUT2D eigenvalue weighted by atomic mass is 9.83. The number of methoxy groups -OCH3 is 1. The number of hydrogen-bond donors (Lipinski definition) is 0. The summed E-state index contributed by atoms with van der Waals surface area (Å²) in [5.41, 5.74) is 3.00. The first-order valence-corrected chi connectivity index (χ1v) is 12.1. The van der Waals surface area contributed by atoms with Crippen LogP contribution in [0.3, 0.4) is 0 Å². The molecule has 0 N–H and O–H groups in total. The smallest absolute Gasteiger partial charge is 0.228 e. The lowest BCUT2D eigenvalue weighted by Crippen LogP contribution is -2.44. The van der Waals surface area contributed by atoms with Gasteiger partial charge in [0.1, 0.15) is 17.4 Å². The van der Waals surface area contributed by atoms with Gasteiger partial charge in [0, 0.05) is 42.6 Å². The van der Waals surface area contributed by atoms with Crippen molar-refractivity contribution in [3.8, 4) is 5.75 Å². The van der Waals surface area contributed by atoms with Gasteiger partial charge in [-0.1, -0.05) is 18.6 Å².